The first kappa shape index (κ1) is 13.1. The van der Waals surface area contributed by atoms with Crippen LogP contribution in [0.5, 0.6) is 0 Å². The molecule has 0 aliphatic carbocycles. The molecule has 0 N–H and O–H groups in total. The van der Waals surface area contributed by atoms with Gasteiger partial charge in [0.15, 0.2) is 0 Å². The Kier molecular flexibility index (Phi) is 3.32. The molecule has 2 nitrogen and oxygen atoms in total. The molecule has 0 saturated carbocycles. The van der Waals surface area contributed by atoms with Crippen LogP contribution in [0.15, 0.2) is 58.3 Å². The Balaban J connectivity index is 1.87. The van der Waals surface area contributed by atoms with Gasteiger partial charge in [-0.15, -0.1) is 0 Å². The van der Waals surface area contributed by atoms with Crippen molar-refractivity contribution in [3.63, 3.8) is 0 Å². The molecular weight excluding hydrogens is 280 g/mol. The fourth-order valence-electron chi connectivity index (χ4n) is 3.32. The summed E-state index contributed by atoms with van der Waals surface area (Å²) in [5, 5.41) is 0. The highest BCUT2D eigenvalue weighted by molar-refractivity contribution is 7.99. The van der Waals surface area contributed by atoms with Crippen LogP contribution in [0.3, 0.4) is 0 Å². The van der Waals surface area contributed by atoms with E-state index in [1.54, 1.807) is 11.8 Å². The van der Waals surface area contributed by atoms with Gasteiger partial charge in [0.2, 0.25) is 0 Å². The number of hydrogen-bond acceptors (Lipinski definition) is 3. The normalized spacial score (nSPS) is 21.7. The maximum Gasteiger partial charge on any atom is 0.141 e. The van der Waals surface area contributed by atoms with Crippen LogP contribution in [0.4, 0.5) is 0 Å². The molecule has 0 amide bonds. The minimum Gasteiger partial charge on any atom is -0.380 e. The van der Waals surface area contributed by atoms with Gasteiger partial charge >= 0.3 is 0 Å². The van der Waals surface area contributed by atoms with Gasteiger partial charge < -0.3 is 4.74 Å². The van der Waals surface area contributed by atoms with Gasteiger partial charge in [-0.05, 0) is 23.3 Å². The van der Waals surface area contributed by atoms with E-state index in [1.807, 2.05) is 0 Å². The van der Waals surface area contributed by atoms with E-state index in [2.05, 4.69) is 48.5 Å². The van der Waals surface area contributed by atoms with Crippen molar-refractivity contribution in [1.29, 1.82) is 0 Å². The van der Waals surface area contributed by atoms with E-state index in [0.717, 1.165) is 0 Å². The Bertz CT molecular complexity index is 650. The summed E-state index contributed by atoms with van der Waals surface area (Å²) in [4.78, 5) is 15.0. The van der Waals surface area contributed by atoms with Crippen molar-refractivity contribution in [3.8, 4) is 0 Å². The van der Waals surface area contributed by atoms with E-state index >= 15 is 0 Å². The molecule has 4 rings (SSSR count). The first-order valence-electron chi connectivity index (χ1n) is 7.31. The number of ketones is 1. The minimum atomic E-state index is -0.0537. The summed E-state index contributed by atoms with van der Waals surface area (Å²) in [6, 6.07) is 16.9. The van der Waals surface area contributed by atoms with Gasteiger partial charge in [0.05, 0.1) is 19.1 Å². The summed E-state index contributed by atoms with van der Waals surface area (Å²) in [6.07, 6.45) is 0.540. The number of carbonyl (C=O) groups is 1. The Morgan fingerprint density at radius 1 is 0.952 bits per heavy atom. The Morgan fingerprint density at radius 2 is 1.57 bits per heavy atom. The number of rotatable bonds is 1. The predicted octanol–water partition coefficient (Wildman–Crippen LogP) is 3.89. The number of fused-ring (bicyclic) bond motifs is 2. The van der Waals surface area contributed by atoms with Crippen LogP contribution >= 0.6 is 11.8 Å². The number of Topliss-reactive ketones (excluding diaryl/α,β-unsaturated/α-hetero) is 1. The lowest BCUT2D eigenvalue weighted by Crippen LogP contribution is -2.34. The molecule has 3 heteroatoms. The van der Waals surface area contributed by atoms with Crippen molar-refractivity contribution < 1.29 is 9.53 Å². The van der Waals surface area contributed by atoms with Gasteiger partial charge in [-0.2, -0.15) is 0 Å². The zero-order valence-electron chi connectivity index (χ0n) is 11.6. The summed E-state index contributed by atoms with van der Waals surface area (Å²) in [5.41, 5.74) is 2.54. The zero-order valence-corrected chi connectivity index (χ0v) is 12.4. The quantitative estimate of drug-likeness (QED) is 0.798. The number of ether oxygens (including phenoxy) is 1. The Morgan fingerprint density at radius 3 is 2.19 bits per heavy atom. The van der Waals surface area contributed by atoms with Crippen LogP contribution in [0, 0.1) is 5.92 Å². The number of hydrogen-bond donors (Lipinski definition) is 0. The van der Waals surface area contributed by atoms with Crippen molar-refractivity contribution in [1.82, 2.24) is 0 Å². The molecule has 0 unspecified atom stereocenters. The standard InChI is InChI=1S/C18H16O2S/c19-15-9-10-20-11-14(15)18-12-5-1-3-7-16(12)21-17-8-4-2-6-13(17)18/h1-8,14,18H,9-11H2/t14-/m0/s1. The van der Waals surface area contributed by atoms with E-state index in [-0.39, 0.29) is 11.8 Å². The van der Waals surface area contributed by atoms with E-state index in [9.17, 15) is 4.79 Å². The number of carbonyl (C=O) groups excluding carboxylic acids is 1. The summed E-state index contributed by atoms with van der Waals surface area (Å²) in [7, 11) is 0. The molecule has 0 aromatic heterocycles. The summed E-state index contributed by atoms with van der Waals surface area (Å²) in [6.45, 7) is 1.11. The van der Waals surface area contributed by atoms with Crippen LogP contribution < -0.4 is 0 Å². The fraction of sp³-hybridized carbons (Fsp3) is 0.278. The SMILES string of the molecule is O=C1CCOC[C@@H]1C1c2ccccc2Sc2ccccc21. The second-order valence-corrected chi connectivity index (χ2v) is 6.64. The van der Waals surface area contributed by atoms with Crippen LogP contribution in [0.2, 0.25) is 0 Å². The predicted molar refractivity (Wildman–Crippen MR) is 82.8 cm³/mol. The molecule has 2 aromatic carbocycles. The smallest absolute Gasteiger partial charge is 0.141 e. The van der Waals surface area contributed by atoms with E-state index in [1.165, 1.54) is 20.9 Å². The van der Waals surface area contributed by atoms with Gasteiger partial charge in [0, 0.05) is 22.1 Å². The molecule has 0 spiro atoms. The van der Waals surface area contributed by atoms with Crippen LogP contribution in [-0.2, 0) is 9.53 Å². The molecule has 2 heterocycles. The van der Waals surface area contributed by atoms with Crippen molar-refractivity contribution in [3.05, 3.63) is 59.7 Å². The first-order chi connectivity index (χ1) is 10.3. The summed E-state index contributed by atoms with van der Waals surface area (Å²) in [5.74, 6) is 0.413. The summed E-state index contributed by atoms with van der Waals surface area (Å²) < 4.78 is 5.61. The van der Waals surface area contributed by atoms with Crippen LogP contribution in [-0.4, -0.2) is 19.0 Å². The minimum absolute atomic E-state index is 0.0537. The lowest BCUT2D eigenvalue weighted by atomic mass is 9.77. The average Bonchev–Trinajstić information content (AvgIpc) is 2.53. The van der Waals surface area contributed by atoms with Crippen molar-refractivity contribution >= 4 is 17.5 Å². The third kappa shape index (κ3) is 2.21. The molecule has 2 aliphatic heterocycles. The molecule has 2 aliphatic rings. The largest absolute Gasteiger partial charge is 0.380 e. The van der Waals surface area contributed by atoms with Crippen LogP contribution in [0.25, 0.3) is 0 Å². The van der Waals surface area contributed by atoms with Crippen molar-refractivity contribution in [2.24, 2.45) is 5.92 Å². The maximum atomic E-state index is 12.4. The first-order valence-corrected chi connectivity index (χ1v) is 8.12. The third-order valence-electron chi connectivity index (χ3n) is 4.33. The van der Waals surface area contributed by atoms with Crippen molar-refractivity contribution in [2.45, 2.75) is 22.1 Å². The van der Waals surface area contributed by atoms with E-state index in [0.29, 0.717) is 25.4 Å². The van der Waals surface area contributed by atoms with E-state index < -0.39 is 0 Å². The molecule has 0 radical (unpaired) electrons. The van der Waals surface area contributed by atoms with Crippen LogP contribution in [0.1, 0.15) is 23.5 Å². The zero-order chi connectivity index (χ0) is 14.2. The maximum absolute atomic E-state index is 12.4. The second-order valence-electron chi connectivity index (χ2n) is 5.55. The van der Waals surface area contributed by atoms with Gasteiger partial charge in [0.25, 0.3) is 0 Å². The number of benzene rings is 2. The molecule has 21 heavy (non-hydrogen) atoms. The third-order valence-corrected chi connectivity index (χ3v) is 5.52. The molecule has 2 aromatic rings. The highest BCUT2D eigenvalue weighted by Crippen LogP contribution is 2.49. The molecule has 1 saturated heterocycles. The lowest BCUT2D eigenvalue weighted by molar-refractivity contribution is -0.131. The second kappa shape index (κ2) is 5.32. The highest BCUT2D eigenvalue weighted by atomic mass is 32.2. The van der Waals surface area contributed by atoms with Gasteiger partial charge in [-0.3, -0.25) is 4.79 Å². The van der Waals surface area contributed by atoms with E-state index in [4.69, 9.17) is 4.74 Å². The van der Waals surface area contributed by atoms with Gasteiger partial charge in [-0.1, -0.05) is 48.2 Å². The molecule has 1 atom stereocenters. The van der Waals surface area contributed by atoms with Crippen molar-refractivity contribution in [2.75, 3.05) is 13.2 Å². The fourth-order valence-corrected chi connectivity index (χ4v) is 4.48. The Hall–Kier alpha value is -1.58. The Labute approximate surface area is 128 Å². The monoisotopic (exact) mass is 296 g/mol. The lowest BCUT2D eigenvalue weighted by Gasteiger charge is -2.34. The molecule has 106 valence electrons. The average molecular weight is 296 g/mol. The molecule has 0 bridgehead atoms. The van der Waals surface area contributed by atoms with Gasteiger partial charge in [0.1, 0.15) is 5.78 Å². The molecule has 1 fully saturated rings. The summed E-state index contributed by atoms with van der Waals surface area (Å²) >= 11 is 1.80. The highest BCUT2D eigenvalue weighted by Gasteiger charge is 2.37. The molecular formula is C18H16O2S. The topological polar surface area (TPSA) is 26.3 Å². The van der Waals surface area contributed by atoms with Gasteiger partial charge in [-0.25, -0.2) is 0 Å².